The van der Waals surface area contributed by atoms with Crippen molar-refractivity contribution in [1.82, 2.24) is 15.5 Å². The van der Waals surface area contributed by atoms with Gasteiger partial charge >= 0.3 is 0 Å². The fourth-order valence-electron chi connectivity index (χ4n) is 2.67. The Hall–Kier alpha value is -0.990. The highest BCUT2D eigenvalue weighted by Gasteiger charge is 2.35. The number of nitrogens with one attached hydrogen (secondary N) is 2. The van der Waals surface area contributed by atoms with Gasteiger partial charge in [-0.25, -0.2) is 0 Å². The Morgan fingerprint density at radius 3 is 2.82 bits per heavy atom. The number of piperidine rings is 1. The normalized spacial score (nSPS) is 24.4. The van der Waals surface area contributed by atoms with Crippen LogP contribution in [0.4, 0.5) is 4.79 Å². The fourth-order valence-corrected chi connectivity index (χ4v) is 3.44. The van der Waals surface area contributed by atoms with Gasteiger partial charge in [-0.3, -0.25) is 14.4 Å². The van der Waals surface area contributed by atoms with Gasteiger partial charge in [0.1, 0.15) is 6.04 Å². The number of carbonyl (C=O) groups is 3. The number of halogens is 1. The van der Waals surface area contributed by atoms with Gasteiger partial charge in [0.2, 0.25) is 11.8 Å². The zero-order valence-electron chi connectivity index (χ0n) is 12.4. The lowest BCUT2D eigenvalue weighted by atomic mass is 10.0. The molecule has 0 spiro atoms. The molecule has 2 fully saturated rings. The Kier molecular flexibility index (Phi) is 7.98. The van der Waals surface area contributed by atoms with Gasteiger partial charge in [-0.15, -0.1) is 12.4 Å². The molecule has 126 valence electrons. The smallest absolute Gasteiger partial charge is 0.279 e. The summed E-state index contributed by atoms with van der Waals surface area (Å²) in [5.41, 5.74) is 5.34. The first-order chi connectivity index (χ1) is 10.1. The molecule has 0 bridgehead atoms. The summed E-state index contributed by atoms with van der Waals surface area (Å²) in [6.07, 6.45) is 3.19. The lowest BCUT2D eigenvalue weighted by Gasteiger charge is -2.37. The van der Waals surface area contributed by atoms with E-state index in [1.807, 2.05) is 4.90 Å². The second-order valence-electron chi connectivity index (χ2n) is 5.32. The van der Waals surface area contributed by atoms with Crippen LogP contribution in [-0.2, 0) is 9.59 Å². The number of hydrogen-bond acceptors (Lipinski definition) is 5. The Morgan fingerprint density at radius 2 is 2.18 bits per heavy atom. The fraction of sp³-hybridized carbons (Fsp3) is 0.769. The summed E-state index contributed by atoms with van der Waals surface area (Å²) in [6, 6.07) is -0.418. The van der Waals surface area contributed by atoms with Crippen LogP contribution in [0.3, 0.4) is 0 Å². The summed E-state index contributed by atoms with van der Waals surface area (Å²) < 4.78 is 0. The van der Waals surface area contributed by atoms with E-state index in [4.69, 9.17) is 5.73 Å². The quantitative estimate of drug-likeness (QED) is 0.651. The number of hydrogen-bond donors (Lipinski definition) is 3. The summed E-state index contributed by atoms with van der Waals surface area (Å²) in [4.78, 5) is 37.0. The first-order valence-corrected chi connectivity index (χ1v) is 8.31. The lowest BCUT2D eigenvalue weighted by molar-refractivity contribution is -0.136. The van der Waals surface area contributed by atoms with Gasteiger partial charge in [-0.05, 0) is 19.3 Å². The molecule has 9 heteroatoms. The van der Waals surface area contributed by atoms with Crippen molar-refractivity contribution in [3.05, 3.63) is 0 Å². The van der Waals surface area contributed by atoms with Crippen LogP contribution in [0.1, 0.15) is 25.7 Å². The largest absolute Gasteiger partial charge is 0.354 e. The van der Waals surface area contributed by atoms with Crippen LogP contribution in [0.25, 0.3) is 0 Å². The van der Waals surface area contributed by atoms with Crippen LogP contribution >= 0.6 is 24.2 Å². The van der Waals surface area contributed by atoms with Gasteiger partial charge in [-0.1, -0.05) is 11.8 Å². The highest BCUT2D eigenvalue weighted by molar-refractivity contribution is 8.14. The van der Waals surface area contributed by atoms with Crippen molar-refractivity contribution in [2.24, 2.45) is 5.73 Å². The summed E-state index contributed by atoms with van der Waals surface area (Å²) in [5, 5.41) is 5.38. The van der Waals surface area contributed by atoms with E-state index in [-0.39, 0.29) is 35.5 Å². The highest BCUT2D eigenvalue weighted by atomic mass is 35.5. The van der Waals surface area contributed by atoms with Crippen LogP contribution < -0.4 is 16.4 Å². The molecule has 7 nitrogen and oxygen atoms in total. The standard InChI is InChI=1S/C13H22N4O3S.ClH/c14-5-4-11(18)15-7-9-3-1-2-6-17(9)12(19)10-8-21-13(20)16-10;/h9-10H,1-8,14H2,(H,15,18)(H,16,20);1H/t9?,10-;/m0./s1. The number of likely N-dealkylation sites (tertiary alicyclic amines) is 1. The Labute approximate surface area is 140 Å². The maximum Gasteiger partial charge on any atom is 0.279 e. The lowest BCUT2D eigenvalue weighted by Crippen LogP contribution is -2.54. The van der Waals surface area contributed by atoms with Gasteiger partial charge in [-0.2, -0.15) is 0 Å². The number of nitrogens with zero attached hydrogens (tertiary/aromatic N) is 1. The predicted molar refractivity (Wildman–Crippen MR) is 88.1 cm³/mol. The average Bonchev–Trinajstić information content (AvgIpc) is 2.91. The minimum atomic E-state index is -0.428. The van der Waals surface area contributed by atoms with Gasteiger partial charge in [0, 0.05) is 37.8 Å². The van der Waals surface area contributed by atoms with E-state index in [1.54, 1.807) is 0 Å². The molecule has 0 saturated carbocycles. The van der Waals surface area contributed by atoms with Crippen molar-refractivity contribution in [1.29, 1.82) is 0 Å². The van der Waals surface area contributed by atoms with Crippen molar-refractivity contribution < 1.29 is 14.4 Å². The molecule has 4 N–H and O–H groups in total. The second-order valence-corrected chi connectivity index (χ2v) is 6.31. The summed E-state index contributed by atoms with van der Waals surface area (Å²) >= 11 is 1.14. The van der Waals surface area contributed by atoms with E-state index in [2.05, 4.69) is 10.6 Å². The van der Waals surface area contributed by atoms with E-state index in [1.165, 1.54) is 0 Å². The zero-order chi connectivity index (χ0) is 15.2. The van der Waals surface area contributed by atoms with Gasteiger partial charge in [0.15, 0.2) is 0 Å². The van der Waals surface area contributed by atoms with Crippen molar-refractivity contribution in [3.8, 4) is 0 Å². The molecule has 2 aliphatic rings. The SMILES string of the molecule is Cl.NCCC(=O)NCC1CCCCN1C(=O)[C@@H]1CSC(=O)N1. The molecule has 0 radical (unpaired) electrons. The second kappa shape index (κ2) is 9.22. The van der Waals surface area contributed by atoms with Crippen LogP contribution in [0.15, 0.2) is 0 Å². The molecule has 0 aromatic carbocycles. The van der Waals surface area contributed by atoms with Crippen LogP contribution in [0.5, 0.6) is 0 Å². The van der Waals surface area contributed by atoms with Crippen molar-refractivity contribution in [2.45, 2.75) is 37.8 Å². The number of nitrogens with two attached hydrogens (primary N) is 1. The monoisotopic (exact) mass is 350 g/mol. The van der Waals surface area contributed by atoms with E-state index in [0.29, 0.717) is 31.8 Å². The number of thioether (sulfide) groups is 1. The summed E-state index contributed by atoms with van der Waals surface area (Å²) in [5.74, 6) is 0.367. The van der Waals surface area contributed by atoms with E-state index in [9.17, 15) is 14.4 Å². The molecule has 1 unspecified atom stereocenters. The summed E-state index contributed by atoms with van der Waals surface area (Å²) in [7, 11) is 0. The van der Waals surface area contributed by atoms with Crippen molar-refractivity contribution in [2.75, 3.05) is 25.4 Å². The number of carbonyl (C=O) groups excluding carboxylic acids is 3. The van der Waals surface area contributed by atoms with E-state index in [0.717, 1.165) is 31.0 Å². The number of rotatable bonds is 5. The van der Waals surface area contributed by atoms with Gasteiger partial charge in [0.05, 0.1) is 0 Å². The topological polar surface area (TPSA) is 105 Å². The molecule has 22 heavy (non-hydrogen) atoms. The minimum Gasteiger partial charge on any atom is -0.354 e. The molecule has 2 rings (SSSR count). The molecule has 2 saturated heterocycles. The average molecular weight is 351 g/mol. The molecule has 0 aromatic rings. The maximum absolute atomic E-state index is 12.5. The molecule has 2 heterocycles. The van der Waals surface area contributed by atoms with Gasteiger partial charge < -0.3 is 21.3 Å². The Bertz CT molecular complexity index is 424. The third-order valence-electron chi connectivity index (χ3n) is 3.79. The highest BCUT2D eigenvalue weighted by Crippen LogP contribution is 2.21. The van der Waals surface area contributed by atoms with Crippen LogP contribution in [0.2, 0.25) is 0 Å². The van der Waals surface area contributed by atoms with Crippen molar-refractivity contribution in [3.63, 3.8) is 0 Å². The molecular formula is C13H23ClN4O3S. The molecule has 0 aromatic heterocycles. The summed E-state index contributed by atoms with van der Waals surface area (Å²) in [6.45, 7) is 1.47. The third kappa shape index (κ3) is 5.03. The Morgan fingerprint density at radius 1 is 1.41 bits per heavy atom. The zero-order valence-corrected chi connectivity index (χ0v) is 14.0. The molecule has 2 aliphatic heterocycles. The van der Waals surface area contributed by atoms with E-state index < -0.39 is 6.04 Å². The minimum absolute atomic E-state index is 0. The van der Waals surface area contributed by atoms with E-state index >= 15 is 0 Å². The first kappa shape index (κ1) is 19.1. The maximum atomic E-state index is 12.5. The molecule has 0 aliphatic carbocycles. The van der Waals surface area contributed by atoms with Gasteiger partial charge in [0.25, 0.3) is 5.24 Å². The molecule has 3 amide bonds. The molecule has 2 atom stereocenters. The third-order valence-corrected chi connectivity index (χ3v) is 4.67. The predicted octanol–water partition coefficient (Wildman–Crippen LogP) is 0.0793. The van der Waals surface area contributed by atoms with Crippen LogP contribution in [0, 0.1) is 0 Å². The Balaban J connectivity index is 0.00000242. The first-order valence-electron chi connectivity index (χ1n) is 7.32. The number of amides is 3. The molecular weight excluding hydrogens is 328 g/mol. The van der Waals surface area contributed by atoms with Crippen LogP contribution in [-0.4, -0.2) is 59.4 Å². The van der Waals surface area contributed by atoms with Crippen molar-refractivity contribution >= 4 is 41.2 Å².